The van der Waals surface area contributed by atoms with Crippen molar-refractivity contribution in [1.82, 2.24) is 10.2 Å². The molecule has 0 bridgehead atoms. The molecule has 0 saturated heterocycles. The Kier molecular flexibility index (Phi) is 10.4. The Morgan fingerprint density at radius 3 is 2.15 bits per heavy atom. The van der Waals surface area contributed by atoms with Gasteiger partial charge in [-0.15, -0.1) is 0 Å². The van der Waals surface area contributed by atoms with Crippen LogP contribution < -0.4 is 9.62 Å². The van der Waals surface area contributed by atoms with E-state index in [0.717, 1.165) is 15.4 Å². The van der Waals surface area contributed by atoms with Gasteiger partial charge in [-0.2, -0.15) is 0 Å². The molecule has 0 radical (unpaired) electrons. The Hall–Kier alpha value is -3.07. The van der Waals surface area contributed by atoms with Gasteiger partial charge in [0.05, 0.1) is 10.6 Å². The molecule has 3 aromatic carbocycles. The molecule has 208 valence electrons. The van der Waals surface area contributed by atoms with Crippen LogP contribution in [0.2, 0.25) is 10.0 Å². The summed E-state index contributed by atoms with van der Waals surface area (Å²) in [6, 6.07) is 17.5. The van der Waals surface area contributed by atoms with E-state index >= 15 is 0 Å². The maximum Gasteiger partial charge on any atom is 0.264 e. The molecule has 2 amide bonds. The molecule has 0 saturated carbocycles. The molecule has 0 aliphatic heterocycles. The van der Waals surface area contributed by atoms with Crippen molar-refractivity contribution in [3.05, 3.63) is 93.5 Å². The summed E-state index contributed by atoms with van der Waals surface area (Å²) in [4.78, 5) is 28.5. The number of nitrogens with zero attached hydrogens (tertiary/aromatic N) is 2. The van der Waals surface area contributed by atoms with Gasteiger partial charge in [0.25, 0.3) is 10.0 Å². The lowest BCUT2D eigenvalue weighted by Crippen LogP contribution is -2.52. The van der Waals surface area contributed by atoms with Gasteiger partial charge >= 0.3 is 0 Å². The zero-order chi connectivity index (χ0) is 28.7. The average Bonchev–Trinajstić information content (AvgIpc) is 2.90. The maximum absolute atomic E-state index is 14.0. The van der Waals surface area contributed by atoms with Crippen LogP contribution in [0.1, 0.15) is 37.0 Å². The summed E-state index contributed by atoms with van der Waals surface area (Å²) in [7, 11) is -4.17. The molecule has 10 heteroatoms. The minimum atomic E-state index is -4.17. The van der Waals surface area contributed by atoms with E-state index in [2.05, 4.69) is 5.32 Å². The smallest absolute Gasteiger partial charge is 0.264 e. The Labute approximate surface area is 240 Å². The van der Waals surface area contributed by atoms with Crippen molar-refractivity contribution in [3.8, 4) is 0 Å². The van der Waals surface area contributed by atoms with E-state index in [9.17, 15) is 18.0 Å². The summed E-state index contributed by atoms with van der Waals surface area (Å²) in [6.45, 7) is 7.14. The number of rotatable bonds is 11. The zero-order valence-electron chi connectivity index (χ0n) is 22.4. The number of benzene rings is 3. The molecule has 0 spiro atoms. The number of nitrogens with one attached hydrogen (secondary N) is 1. The van der Waals surface area contributed by atoms with E-state index < -0.39 is 28.5 Å². The standard InChI is InChI=1S/C29H33Cl2N3O4S/c1-5-26(29(36)32-6-2)33(18-22-12-14-23(30)15-13-22)28(35)19-34(27-9-7-8-25(31)21(27)4)39(37,38)24-16-10-20(3)11-17-24/h7-17,26H,5-6,18-19H2,1-4H3,(H,32,36)/t26-/m0/s1. The van der Waals surface area contributed by atoms with Gasteiger partial charge in [0.15, 0.2) is 0 Å². The van der Waals surface area contributed by atoms with Gasteiger partial charge in [-0.05, 0) is 74.7 Å². The summed E-state index contributed by atoms with van der Waals surface area (Å²) >= 11 is 12.4. The van der Waals surface area contributed by atoms with Crippen molar-refractivity contribution in [2.75, 3.05) is 17.4 Å². The Morgan fingerprint density at radius 1 is 0.923 bits per heavy atom. The molecule has 0 aromatic heterocycles. The van der Waals surface area contributed by atoms with Gasteiger partial charge in [0.1, 0.15) is 12.6 Å². The molecule has 0 aliphatic rings. The summed E-state index contributed by atoms with van der Waals surface area (Å²) in [5.74, 6) is -0.840. The summed E-state index contributed by atoms with van der Waals surface area (Å²) in [5.41, 5.74) is 2.45. The van der Waals surface area contributed by atoms with Crippen LogP contribution in [0.15, 0.2) is 71.6 Å². The number of carbonyl (C=O) groups is 2. The minimum Gasteiger partial charge on any atom is -0.355 e. The highest BCUT2D eigenvalue weighted by Crippen LogP contribution is 2.31. The third-order valence-electron chi connectivity index (χ3n) is 6.40. The first-order valence-electron chi connectivity index (χ1n) is 12.7. The van der Waals surface area contributed by atoms with E-state index in [1.165, 1.54) is 17.0 Å². The SMILES string of the molecule is CCNC(=O)[C@H](CC)N(Cc1ccc(Cl)cc1)C(=O)CN(c1cccc(Cl)c1C)S(=O)(=O)c1ccc(C)cc1. The number of hydrogen-bond donors (Lipinski definition) is 1. The number of anilines is 1. The fraction of sp³-hybridized carbons (Fsp3) is 0.310. The number of likely N-dealkylation sites (N-methyl/N-ethyl adjacent to an activating group) is 1. The number of amides is 2. The Bertz CT molecular complexity index is 1410. The van der Waals surface area contributed by atoms with Crippen molar-refractivity contribution >= 4 is 50.7 Å². The first-order chi connectivity index (χ1) is 18.5. The zero-order valence-corrected chi connectivity index (χ0v) is 24.8. The molecule has 1 N–H and O–H groups in total. The van der Waals surface area contributed by atoms with Crippen LogP contribution in [-0.4, -0.2) is 44.3 Å². The van der Waals surface area contributed by atoms with Crippen molar-refractivity contribution in [1.29, 1.82) is 0 Å². The van der Waals surface area contributed by atoms with Crippen molar-refractivity contribution < 1.29 is 18.0 Å². The van der Waals surface area contributed by atoms with Gasteiger partial charge < -0.3 is 10.2 Å². The molecule has 0 fully saturated rings. The van der Waals surface area contributed by atoms with Crippen LogP contribution >= 0.6 is 23.2 Å². The fourth-order valence-corrected chi connectivity index (χ4v) is 5.98. The summed E-state index contributed by atoms with van der Waals surface area (Å²) in [5, 5.41) is 3.70. The van der Waals surface area contributed by atoms with Crippen molar-refractivity contribution in [2.45, 2.75) is 51.6 Å². The van der Waals surface area contributed by atoms with Crippen LogP contribution in [0.25, 0.3) is 0 Å². The number of carbonyl (C=O) groups excluding carboxylic acids is 2. The van der Waals surface area contributed by atoms with Crippen molar-refractivity contribution in [3.63, 3.8) is 0 Å². The normalized spacial score (nSPS) is 12.1. The molecule has 39 heavy (non-hydrogen) atoms. The largest absolute Gasteiger partial charge is 0.355 e. The quantitative estimate of drug-likeness (QED) is 0.308. The van der Waals surface area contributed by atoms with Crippen LogP contribution in [0.4, 0.5) is 5.69 Å². The lowest BCUT2D eigenvalue weighted by Gasteiger charge is -2.33. The highest BCUT2D eigenvalue weighted by molar-refractivity contribution is 7.92. The van der Waals surface area contributed by atoms with Gasteiger partial charge in [-0.25, -0.2) is 8.42 Å². The highest BCUT2D eigenvalue weighted by Gasteiger charge is 2.34. The van der Waals surface area contributed by atoms with Crippen LogP contribution in [-0.2, 0) is 26.2 Å². The van der Waals surface area contributed by atoms with E-state index in [0.29, 0.717) is 28.6 Å². The highest BCUT2D eigenvalue weighted by atomic mass is 35.5. The molecular formula is C29H33Cl2N3O4S. The van der Waals surface area contributed by atoms with E-state index in [1.807, 2.05) is 13.8 Å². The number of halogens is 2. The van der Waals surface area contributed by atoms with Gasteiger partial charge in [-0.1, -0.05) is 66.0 Å². The average molecular weight is 591 g/mol. The van der Waals surface area contributed by atoms with E-state index in [-0.39, 0.29) is 23.0 Å². The van der Waals surface area contributed by atoms with E-state index in [4.69, 9.17) is 23.2 Å². The second-order valence-corrected chi connectivity index (χ2v) is 11.9. The number of aryl methyl sites for hydroxylation is 1. The minimum absolute atomic E-state index is 0.0419. The molecule has 1 atom stereocenters. The molecule has 0 aliphatic carbocycles. The van der Waals surface area contributed by atoms with E-state index in [1.54, 1.807) is 68.4 Å². The molecule has 0 heterocycles. The summed E-state index contributed by atoms with van der Waals surface area (Å²) < 4.78 is 29.0. The van der Waals surface area contributed by atoms with Gasteiger partial charge in [0, 0.05) is 23.1 Å². The molecule has 3 rings (SSSR count). The maximum atomic E-state index is 14.0. The van der Waals surface area contributed by atoms with Crippen molar-refractivity contribution in [2.24, 2.45) is 0 Å². The first kappa shape index (κ1) is 30.5. The molecule has 7 nitrogen and oxygen atoms in total. The van der Waals surface area contributed by atoms with Crippen LogP contribution in [0.3, 0.4) is 0 Å². The molecule has 3 aromatic rings. The topological polar surface area (TPSA) is 86.8 Å². The van der Waals surface area contributed by atoms with Crippen LogP contribution in [0.5, 0.6) is 0 Å². The first-order valence-corrected chi connectivity index (χ1v) is 14.8. The molecule has 0 unspecified atom stereocenters. The van der Waals surface area contributed by atoms with Gasteiger partial charge in [-0.3, -0.25) is 13.9 Å². The predicted molar refractivity (Wildman–Crippen MR) is 157 cm³/mol. The lowest BCUT2D eigenvalue weighted by atomic mass is 10.1. The number of hydrogen-bond acceptors (Lipinski definition) is 4. The Balaban J connectivity index is 2.10. The summed E-state index contributed by atoms with van der Waals surface area (Å²) in [6.07, 6.45) is 0.339. The predicted octanol–water partition coefficient (Wildman–Crippen LogP) is 5.75. The monoisotopic (exact) mass is 589 g/mol. The molecular weight excluding hydrogens is 557 g/mol. The second kappa shape index (κ2) is 13.3. The van der Waals surface area contributed by atoms with Crippen LogP contribution in [0, 0.1) is 13.8 Å². The number of sulfonamides is 1. The lowest BCUT2D eigenvalue weighted by molar-refractivity contribution is -0.140. The Morgan fingerprint density at radius 2 is 1.56 bits per heavy atom. The second-order valence-electron chi connectivity index (χ2n) is 9.18. The third kappa shape index (κ3) is 7.32. The fourth-order valence-electron chi connectivity index (χ4n) is 4.22. The van der Waals surface area contributed by atoms with Gasteiger partial charge in [0.2, 0.25) is 11.8 Å². The third-order valence-corrected chi connectivity index (χ3v) is 8.83.